The summed E-state index contributed by atoms with van der Waals surface area (Å²) in [4.78, 5) is 27.1. The van der Waals surface area contributed by atoms with Gasteiger partial charge in [0.05, 0.1) is 7.11 Å². The highest BCUT2D eigenvalue weighted by Crippen LogP contribution is 2.33. The van der Waals surface area contributed by atoms with Gasteiger partial charge in [-0.1, -0.05) is 42.5 Å². The summed E-state index contributed by atoms with van der Waals surface area (Å²) in [5.41, 5.74) is 1.80. The number of nitrogens with one attached hydrogen (secondary N) is 1. The molecule has 0 unspecified atom stereocenters. The summed E-state index contributed by atoms with van der Waals surface area (Å²) in [6, 6.07) is 18.8. The van der Waals surface area contributed by atoms with Crippen LogP contribution in [0.4, 0.5) is 0 Å². The molecule has 0 radical (unpaired) electrons. The van der Waals surface area contributed by atoms with Crippen molar-refractivity contribution in [3.63, 3.8) is 0 Å². The molecule has 0 aliphatic rings. The lowest BCUT2D eigenvalue weighted by atomic mass is 10.0. The first-order valence-electron chi connectivity index (χ1n) is 9.17. The minimum absolute atomic E-state index is 0.191. The van der Waals surface area contributed by atoms with Crippen molar-refractivity contribution in [2.24, 2.45) is 7.05 Å². The van der Waals surface area contributed by atoms with Gasteiger partial charge < -0.3 is 14.6 Å². The Hall–Kier alpha value is -3.38. The van der Waals surface area contributed by atoms with Crippen LogP contribution in [0.5, 0.6) is 5.75 Å². The fourth-order valence-electron chi connectivity index (χ4n) is 3.51. The first-order valence-corrected chi connectivity index (χ1v) is 10.1. The number of amides is 1. The van der Waals surface area contributed by atoms with E-state index in [1.807, 2.05) is 60.0 Å². The van der Waals surface area contributed by atoms with Gasteiger partial charge in [0.2, 0.25) is 0 Å². The highest BCUT2D eigenvalue weighted by atomic mass is 32.1. The topological polar surface area (TPSA) is 60.3 Å². The van der Waals surface area contributed by atoms with Gasteiger partial charge in [-0.25, -0.2) is 0 Å². The van der Waals surface area contributed by atoms with Crippen LogP contribution in [0.15, 0.2) is 70.8 Å². The molecule has 0 bridgehead atoms. The lowest BCUT2D eigenvalue weighted by molar-refractivity contribution is 0.0942. The Kier molecular flexibility index (Phi) is 5.18. The summed E-state index contributed by atoms with van der Waals surface area (Å²) in [6.45, 7) is 0.299. The van der Waals surface area contributed by atoms with Crippen molar-refractivity contribution in [3.8, 4) is 16.2 Å². The molecule has 4 rings (SSSR count). The maximum Gasteiger partial charge on any atom is 0.268 e. The minimum Gasteiger partial charge on any atom is -0.496 e. The summed E-state index contributed by atoms with van der Waals surface area (Å²) in [5.74, 6) is 0.406. The Balaban J connectivity index is 1.82. The number of thiophene rings is 1. The fourth-order valence-corrected chi connectivity index (χ4v) is 4.29. The van der Waals surface area contributed by atoms with E-state index in [0.717, 1.165) is 21.4 Å². The van der Waals surface area contributed by atoms with Gasteiger partial charge in [-0.2, -0.15) is 0 Å². The minimum atomic E-state index is -0.301. The van der Waals surface area contributed by atoms with E-state index in [1.54, 1.807) is 31.6 Å². The van der Waals surface area contributed by atoms with Crippen molar-refractivity contribution in [3.05, 3.63) is 87.7 Å². The first-order chi connectivity index (χ1) is 14.1. The molecular formula is C23H20N2O3S. The monoisotopic (exact) mass is 404 g/mol. The van der Waals surface area contributed by atoms with E-state index in [2.05, 4.69) is 5.32 Å². The number of para-hydroxylation sites is 1. The molecule has 0 aliphatic carbocycles. The Morgan fingerprint density at radius 3 is 2.48 bits per heavy atom. The second-order valence-corrected chi connectivity index (χ2v) is 7.55. The van der Waals surface area contributed by atoms with Crippen LogP contribution in [0.25, 0.3) is 21.2 Å². The molecule has 0 fully saturated rings. The van der Waals surface area contributed by atoms with Crippen molar-refractivity contribution >= 4 is 28.0 Å². The summed E-state index contributed by atoms with van der Waals surface area (Å²) < 4.78 is 6.80. The smallest absolute Gasteiger partial charge is 0.268 e. The van der Waals surface area contributed by atoms with Crippen LogP contribution in [-0.4, -0.2) is 17.6 Å². The molecule has 0 atom stereocenters. The molecule has 6 heteroatoms. The first kappa shape index (κ1) is 19.0. The number of carbonyl (C=O) groups is 1. The zero-order chi connectivity index (χ0) is 20.4. The molecule has 1 amide bonds. The van der Waals surface area contributed by atoms with Crippen molar-refractivity contribution in [2.75, 3.05) is 7.11 Å². The molecule has 0 saturated heterocycles. The van der Waals surface area contributed by atoms with Crippen molar-refractivity contribution in [1.29, 1.82) is 0 Å². The number of pyridine rings is 1. The van der Waals surface area contributed by atoms with E-state index in [0.29, 0.717) is 23.4 Å². The summed E-state index contributed by atoms with van der Waals surface area (Å²) in [5, 5.41) is 6.29. The molecule has 0 aliphatic heterocycles. The molecule has 2 heterocycles. The van der Waals surface area contributed by atoms with Crippen LogP contribution in [-0.2, 0) is 13.6 Å². The molecule has 0 spiro atoms. The number of methoxy groups -OCH3 is 1. The molecule has 146 valence electrons. The molecule has 1 N–H and O–H groups in total. The third kappa shape index (κ3) is 3.43. The summed E-state index contributed by atoms with van der Waals surface area (Å²) in [7, 11) is 3.24. The van der Waals surface area contributed by atoms with Crippen molar-refractivity contribution in [2.45, 2.75) is 6.54 Å². The number of ether oxygens (including phenoxy) is 1. The van der Waals surface area contributed by atoms with Gasteiger partial charge in [-0.3, -0.25) is 9.59 Å². The van der Waals surface area contributed by atoms with Gasteiger partial charge in [-0.15, -0.1) is 11.3 Å². The van der Waals surface area contributed by atoms with Crippen LogP contribution in [0.1, 0.15) is 16.1 Å². The molecular weight excluding hydrogens is 384 g/mol. The van der Waals surface area contributed by atoms with E-state index >= 15 is 0 Å². The Labute approximate surface area is 172 Å². The lowest BCUT2D eigenvalue weighted by Gasteiger charge is -2.17. The van der Waals surface area contributed by atoms with Gasteiger partial charge in [0, 0.05) is 35.0 Å². The molecule has 0 saturated carbocycles. The normalized spacial score (nSPS) is 10.8. The SMILES string of the molecule is COc1ccccc1CNC(=O)c1c(-c2cccs2)c2ccccc2c(=O)n1C. The molecule has 5 nitrogen and oxygen atoms in total. The van der Waals surface area contributed by atoms with Gasteiger partial charge in [0.15, 0.2) is 0 Å². The van der Waals surface area contributed by atoms with Crippen molar-refractivity contribution < 1.29 is 9.53 Å². The number of benzene rings is 2. The zero-order valence-electron chi connectivity index (χ0n) is 16.1. The Morgan fingerprint density at radius 2 is 1.76 bits per heavy atom. The summed E-state index contributed by atoms with van der Waals surface area (Å²) in [6.07, 6.45) is 0. The van der Waals surface area contributed by atoms with Crippen LogP contribution in [0, 0.1) is 0 Å². The van der Waals surface area contributed by atoms with Crippen LogP contribution < -0.4 is 15.6 Å². The van der Waals surface area contributed by atoms with Gasteiger partial charge in [0.1, 0.15) is 11.4 Å². The predicted molar refractivity (Wildman–Crippen MR) is 117 cm³/mol. The maximum atomic E-state index is 13.2. The second kappa shape index (κ2) is 7.93. The number of rotatable bonds is 5. The average molecular weight is 404 g/mol. The standard InChI is InChI=1S/C23H20N2O3S/c1-25-21(22(26)24-14-15-8-3-6-11-18(15)28-2)20(19-12-7-13-29-19)16-9-4-5-10-17(16)23(25)27/h3-13H,14H2,1-2H3,(H,24,26). The number of nitrogens with zero attached hydrogens (tertiary/aromatic N) is 1. The number of hydrogen-bond acceptors (Lipinski definition) is 4. The van der Waals surface area contributed by atoms with E-state index in [1.165, 1.54) is 4.57 Å². The maximum absolute atomic E-state index is 13.2. The third-order valence-corrected chi connectivity index (χ3v) is 5.81. The fraction of sp³-hybridized carbons (Fsp3) is 0.130. The van der Waals surface area contributed by atoms with Gasteiger partial charge in [-0.05, 0) is 29.0 Å². The number of carbonyl (C=O) groups excluding carboxylic acids is 1. The number of aromatic nitrogens is 1. The van der Waals surface area contributed by atoms with Gasteiger partial charge in [0.25, 0.3) is 11.5 Å². The highest BCUT2D eigenvalue weighted by molar-refractivity contribution is 7.13. The quantitative estimate of drug-likeness (QED) is 0.542. The molecule has 4 aromatic rings. The highest BCUT2D eigenvalue weighted by Gasteiger charge is 2.22. The Morgan fingerprint density at radius 1 is 1.03 bits per heavy atom. The van der Waals surface area contributed by atoms with E-state index in [4.69, 9.17) is 4.74 Å². The predicted octanol–water partition coefficient (Wildman–Crippen LogP) is 4.21. The van der Waals surface area contributed by atoms with E-state index in [9.17, 15) is 9.59 Å². The Bertz CT molecular complexity index is 1240. The molecule has 29 heavy (non-hydrogen) atoms. The van der Waals surface area contributed by atoms with Crippen molar-refractivity contribution in [1.82, 2.24) is 9.88 Å². The lowest BCUT2D eigenvalue weighted by Crippen LogP contribution is -2.31. The third-order valence-electron chi connectivity index (χ3n) is 4.92. The second-order valence-electron chi connectivity index (χ2n) is 6.61. The van der Waals surface area contributed by atoms with Crippen LogP contribution in [0.3, 0.4) is 0 Å². The molecule has 2 aromatic heterocycles. The van der Waals surface area contributed by atoms with Gasteiger partial charge >= 0.3 is 0 Å². The van der Waals surface area contributed by atoms with E-state index in [-0.39, 0.29) is 11.5 Å². The molecule has 2 aromatic carbocycles. The number of hydrogen-bond donors (Lipinski definition) is 1. The number of fused-ring (bicyclic) bond motifs is 1. The largest absolute Gasteiger partial charge is 0.496 e. The van der Waals surface area contributed by atoms with Crippen LogP contribution in [0.2, 0.25) is 0 Å². The van der Waals surface area contributed by atoms with Crippen LogP contribution >= 0.6 is 11.3 Å². The average Bonchev–Trinajstić information content (AvgIpc) is 3.29. The zero-order valence-corrected chi connectivity index (χ0v) is 17.0. The summed E-state index contributed by atoms with van der Waals surface area (Å²) >= 11 is 1.54. The van der Waals surface area contributed by atoms with E-state index < -0.39 is 0 Å².